The summed E-state index contributed by atoms with van der Waals surface area (Å²) in [6, 6.07) is 4.62. The summed E-state index contributed by atoms with van der Waals surface area (Å²) in [6.07, 6.45) is 5.10. The summed E-state index contributed by atoms with van der Waals surface area (Å²) in [6.45, 7) is 3.78. The second kappa shape index (κ2) is 10.5. The quantitative estimate of drug-likeness (QED) is 0.484. The molecule has 0 aromatic heterocycles. The number of benzene rings is 1. The summed E-state index contributed by atoms with van der Waals surface area (Å²) < 4.78 is 6.40. The zero-order chi connectivity index (χ0) is 25.2. The van der Waals surface area contributed by atoms with E-state index in [2.05, 4.69) is 28.1 Å². The Morgan fingerprint density at radius 1 is 1.06 bits per heavy atom. The molecule has 192 valence electrons. The maximum Gasteiger partial charge on any atom is 0.246 e. The van der Waals surface area contributed by atoms with Crippen molar-refractivity contribution in [2.45, 2.75) is 76.2 Å². The van der Waals surface area contributed by atoms with Crippen molar-refractivity contribution in [1.82, 2.24) is 20.9 Å². The molecule has 9 heteroatoms. The van der Waals surface area contributed by atoms with Gasteiger partial charge in [-0.3, -0.25) is 14.4 Å². The number of hydrogen-bond donors (Lipinski definition) is 4. The van der Waals surface area contributed by atoms with Gasteiger partial charge in [0.2, 0.25) is 17.7 Å². The molecule has 4 rings (SSSR count). The van der Waals surface area contributed by atoms with Gasteiger partial charge in [0.05, 0.1) is 18.2 Å². The Balaban J connectivity index is 1.58. The molecule has 1 saturated carbocycles. The number of para-hydroxylation sites is 1. The van der Waals surface area contributed by atoms with Crippen molar-refractivity contribution in [2.75, 3.05) is 26.7 Å². The fourth-order valence-electron chi connectivity index (χ4n) is 5.16. The van der Waals surface area contributed by atoms with E-state index in [9.17, 15) is 19.5 Å². The number of nitrogens with one attached hydrogen (secondary N) is 3. The fraction of sp³-hybridized carbons (Fsp3) is 0.654. The van der Waals surface area contributed by atoms with Crippen LogP contribution in [-0.2, 0) is 27.2 Å². The molecule has 2 heterocycles. The zero-order valence-corrected chi connectivity index (χ0v) is 20.9. The smallest absolute Gasteiger partial charge is 0.246 e. The van der Waals surface area contributed by atoms with E-state index in [1.807, 2.05) is 6.07 Å². The number of rotatable bonds is 2. The summed E-state index contributed by atoms with van der Waals surface area (Å²) in [7, 11) is 1.54. The molecule has 2 aliphatic heterocycles. The molecule has 35 heavy (non-hydrogen) atoms. The predicted octanol–water partition coefficient (Wildman–Crippen LogP) is 0.525. The number of likely N-dealkylation sites (N-methyl/N-ethyl adjacent to an activating group) is 1. The van der Waals surface area contributed by atoms with Crippen molar-refractivity contribution in [1.29, 1.82) is 0 Å². The van der Waals surface area contributed by atoms with Gasteiger partial charge in [0.25, 0.3) is 0 Å². The minimum atomic E-state index is -1.49. The van der Waals surface area contributed by atoms with Gasteiger partial charge in [0.1, 0.15) is 17.9 Å². The third-order valence-corrected chi connectivity index (χ3v) is 7.14. The maximum absolute atomic E-state index is 13.5. The number of carbonyl (C=O) groups excluding carboxylic acids is 3. The molecule has 1 aromatic carbocycles. The highest BCUT2D eigenvalue weighted by atomic mass is 16.5. The largest absolute Gasteiger partial charge is 0.489 e. The number of fused-ring (bicyclic) bond motifs is 1. The number of hydrogen-bond acceptors (Lipinski definition) is 6. The topological polar surface area (TPSA) is 120 Å². The van der Waals surface area contributed by atoms with Gasteiger partial charge in [-0.2, -0.15) is 0 Å². The minimum Gasteiger partial charge on any atom is -0.489 e. The highest BCUT2D eigenvalue weighted by Gasteiger charge is 2.44. The third kappa shape index (κ3) is 6.13. The molecule has 0 spiro atoms. The summed E-state index contributed by atoms with van der Waals surface area (Å²) in [4.78, 5) is 40.2. The molecule has 0 radical (unpaired) electrons. The molecule has 3 unspecified atom stereocenters. The lowest BCUT2D eigenvalue weighted by atomic mass is 9.95. The first-order valence-electron chi connectivity index (χ1n) is 12.7. The van der Waals surface area contributed by atoms with Crippen LogP contribution in [0, 0.1) is 5.92 Å². The first-order valence-corrected chi connectivity index (χ1v) is 12.7. The van der Waals surface area contributed by atoms with E-state index >= 15 is 0 Å². The van der Waals surface area contributed by atoms with Gasteiger partial charge in [0.15, 0.2) is 0 Å². The van der Waals surface area contributed by atoms with Crippen molar-refractivity contribution in [2.24, 2.45) is 5.92 Å². The summed E-state index contributed by atoms with van der Waals surface area (Å²) >= 11 is 0. The Morgan fingerprint density at radius 2 is 1.77 bits per heavy atom. The monoisotopic (exact) mass is 486 g/mol. The van der Waals surface area contributed by atoms with E-state index in [0.717, 1.165) is 49.8 Å². The number of nitrogens with zero attached hydrogens (tertiary/aromatic N) is 1. The Morgan fingerprint density at radius 3 is 2.46 bits per heavy atom. The van der Waals surface area contributed by atoms with Crippen molar-refractivity contribution < 1.29 is 24.2 Å². The normalized spacial score (nSPS) is 27.3. The van der Waals surface area contributed by atoms with E-state index in [-0.39, 0.29) is 30.4 Å². The van der Waals surface area contributed by atoms with Gasteiger partial charge in [0, 0.05) is 20.1 Å². The Kier molecular flexibility index (Phi) is 7.66. The van der Waals surface area contributed by atoms with E-state index in [1.165, 1.54) is 24.3 Å². The molecule has 0 saturated heterocycles. The lowest BCUT2D eigenvalue weighted by molar-refractivity contribution is -0.149. The van der Waals surface area contributed by atoms with Crippen LogP contribution >= 0.6 is 0 Å². The Bertz CT molecular complexity index is 956. The maximum atomic E-state index is 13.5. The summed E-state index contributed by atoms with van der Waals surface area (Å²) in [5.74, 6) is 0.0115. The zero-order valence-electron chi connectivity index (χ0n) is 20.9. The molecule has 4 N–H and O–H groups in total. The average Bonchev–Trinajstić information content (AvgIpc) is 3.64. The second-order valence-electron chi connectivity index (χ2n) is 10.6. The van der Waals surface area contributed by atoms with Crippen LogP contribution in [0.1, 0.15) is 50.7 Å². The lowest BCUT2D eigenvalue weighted by Crippen LogP contribution is -2.62. The van der Waals surface area contributed by atoms with Gasteiger partial charge < -0.3 is 30.7 Å². The number of carbonyl (C=O) groups is 3. The van der Waals surface area contributed by atoms with Crippen LogP contribution in [0.3, 0.4) is 0 Å². The van der Waals surface area contributed by atoms with Crippen LogP contribution in [-0.4, -0.2) is 78.2 Å². The molecular formula is C26H38N4O5. The minimum absolute atomic E-state index is 0.0602. The van der Waals surface area contributed by atoms with Gasteiger partial charge in [-0.1, -0.05) is 18.2 Å². The van der Waals surface area contributed by atoms with Crippen LogP contribution in [0.5, 0.6) is 5.75 Å². The molecule has 3 amide bonds. The van der Waals surface area contributed by atoms with E-state index < -0.39 is 23.6 Å². The lowest BCUT2D eigenvalue weighted by Gasteiger charge is -2.38. The number of aryl methyl sites for hydroxylation is 2. The van der Waals surface area contributed by atoms with Crippen LogP contribution in [0.2, 0.25) is 0 Å². The molecular weight excluding hydrogens is 448 g/mol. The summed E-state index contributed by atoms with van der Waals surface area (Å²) in [5, 5.41) is 19.6. The van der Waals surface area contributed by atoms with E-state index in [4.69, 9.17) is 4.74 Å². The highest BCUT2D eigenvalue weighted by molar-refractivity contribution is 5.92. The van der Waals surface area contributed by atoms with Crippen LogP contribution in [0.4, 0.5) is 0 Å². The molecule has 9 nitrogen and oxygen atoms in total. The van der Waals surface area contributed by atoms with Gasteiger partial charge in [-0.25, -0.2) is 0 Å². The molecule has 1 fully saturated rings. The fourth-order valence-corrected chi connectivity index (χ4v) is 5.16. The molecule has 3 atom stereocenters. The van der Waals surface area contributed by atoms with Crippen molar-refractivity contribution in [3.8, 4) is 5.75 Å². The number of ether oxygens (including phenoxy) is 1. The summed E-state index contributed by atoms with van der Waals surface area (Å²) in [5.41, 5.74) is 0.827. The molecule has 1 aliphatic carbocycles. The third-order valence-electron chi connectivity index (χ3n) is 7.14. The molecule has 1 aromatic rings. The standard InChI is InChI=1S/C26H38N4O5/c1-26(2,34)23-24(32)29-15-20(31)27-13-5-8-17-6-4-7-18-11-12-19(35-22(17)18)14-28-21(16-9-10-16)25(33)30(23)3/h4,6-7,16,19,21,23,28,34H,5,8-15H2,1-3H3,(H,27,31)(H,29,32). The van der Waals surface area contributed by atoms with Crippen molar-refractivity contribution in [3.05, 3.63) is 29.3 Å². The predicted molar refractivity (Wildman–Crippen MR) is 131 cm³/mol. The highest BCUT2D eigenvalue weighted by Crippen LogP contribution is 2.35. The van der Waals surface area contributed by atoms with Gasteiger partial charge in [-0.15, -0.1) is 0 Å². The molecule has 2 bridgehead atoms. The number of aliphatic hydroxyl groups is 1. The average molecular weight is 487 g/mol. The van der Waals surface area contributed by atoms with E-state index in [1.54, 1.807) is 7.05 Å². The van der Waals surface area contributed by atoms with Crippen molar-refractivity contribution >= 4 is 17.7 Å². The van der Waals surface area contributed by atoms with E-state index in [0.29, 0.717) is 13.1 Å². The van der Waals surface area contributed by atoms with Gasteiger partial charge >= 0.3 is 0 Å². The Hall–Kier alpha value is -2.65. The Labute approximate surface area is 207 Å². The number of amides is 3. The van der Waals surface area contributed by atoms with Gasteiger partial charge in [-0.05, 0) is 69.4 Å². The SMILES string of the molecule is CN1C(=O)C(C2CC2)NCC2CCc3cccc(c3O2)CCCNC(=O)CNC(=O)C1C(C)(C)O. The first kappa shape index (κ1) is 25.4. The van der Waals surface area contributed by atoms with Crippen LogP contribution < -0.4 is 20.7 Å². The van der Waals surface area contributed by atoms with Crippen LogP contribution in [0.25, 0.3) is 0 Å². The van der Waals surface area contributed by atoms with Crippen molar-refractivity contribution in [3.63, 3.8) is 0 Å². The second-order valence-corrected chi connectivity index (χ2v) is 10.6. The molecule has 3 aliphatic rings. The first-order chi connectivity index (χ1) is 16.6. The van der Waals surface area contributed by atoms with Crippen LogP contribution in [0.15, 0.2) is 18.2 Å².